The van der Waals surface area contributed by atoms with E-state index >= 15 is 0 Å². The SMILES string of the molecule is O=C(c1cnc2c(c1)ncn2C1CCCC1)N1CCC(N2CCCCC2)C1. The van der Waals surface area contributed by atoms with Crippen molar-refractivity contribution in [3.05, 3.63) is 24.2 Å². The number of hydrogen-bond acceptors (Lipinski definition) is 4. The molecule has 4 heterocycles. The summed E-state index contributed by atoms with van der Waals surface area (Å²) in [5.74, 6) is 0.110. The monoisotopic (exact) mass is 367 g/mol. The number of likely N-dealkylation sites (tertiary alicyclic amines) is 2. The highest BCUT2D eigenvalue weighted by Gasteiger charge is 2.31. The predicted molar refractivity (Wildman–Crippen MR) is 105 cm³/mol. The summed E-state index contributed by atoms with van der Waals surface area (Å²) in [7, 11) is 0. The summed E-state index contributed by atoms with van der Waals surface area (Å²) in [5, 5.41) is 0. The van der Waals surface area contributed by atoms with E-state index in [2.05, 4.69) is 19.4 Å². The number of fused-ring (bicyclic) bond motifs is 1. The molecule has 0 radical (unpaired) electrons. The van der Waals surface area contributed by atoms with Gasteiger partial charge < -0.3 is 9.47 Å². The first kappa shape index (κ1) is 17.2. The van der Waals surface area contributed by atoms with Crippen LogP contribution in [0.25, 0.3) is 11.2 Å². The second kappa shape index (κ2) is 7.23. The van der Waals surface area contributed by atoms with E-state index in [0.29, 0.717) is 17.6 Å². The Bertz CT molecular complexity index is 819. The van der Waals surface area contributed by atoms with Gasteiger partial charge in [0.1, 0.15) is 5.52 Å². The summed E-state index contributed by atoms with van der Waals surface area (Å²) in [6.45, 7) is 4.10. The molecule has 2 aromatic rings. The summed E-state index contributed by atoms with van der Waals surface area (Å²) in [4.78, 5) is 26.8. The van der Waals surface area contributed by atoms with Crippen LogP contribution in [0.2, 0.25) is 0 Å². The van der Waals surface area contributed by atoms with Crippen LogP contribution in [0.15, 0.2) is 18.6 Å². The fourth-order valence-electron chi connectivity index (χ4n) is 5.18. The lowest BCUT2D eigenvalue weighted by atomic mass is 10.1. The van der Waals surface area contributed by atoms with Crippen LogP contribution >= 0.6 is 0 Å². The van der Waals surface area contributed by atoms with E-state index in [9.17, 15) is 4.79 Å². The van der Waals surface area contributed by atoms with Gasteiger partial charge in [-0.3, -0.25) is 9.69 Å². The molecule has 2 aliphatic heterocycles. The highest BCUT2D eigenvalue weighted by molar-refractivity contribution is 5.96. The topological polar surface area (TPSA) is 54.3 Å². The number of aromatic nitrogens is 3. The van der Waals surface area contributed by atoms with Crippen molar-refractivity contribution in [2.24, 2.45) is 0 Å². The number of imidazole rings is 1. The van der Waals surface area contributed by atoms with Gasteiger partial charge in [0, 0.05) is 31.4 Å². The Morgan fingerprint density at radius 3 is 2.56 bits per heavy atom. The molecule has 1 atom stereocenters. The van der Waals surface area contributed by atoms with E-state index in [1.54, 1.807) is 6.20 Å². The van der Waals surface area contributed by atoms with Crippen LogP contribution in [-0.4, -0.2) is 62.5 Å². The first-order valence-corrected chi connectivity index (χ1v) is 10.7. The van der Waals surface area contributed by atoms with Gasteiger partial charge in [-0.2, -0.15) is 0 Å². The van der Waals surface area contributed by atoms with Crippen molar-refractivity contribution in [2.45, 2.75) is 63.5 Å². The summed E-state index contributed by atoms with van der Waals surface area (Å²) in [6.07, 6.45) is 13.7. The molecule has 2 aromatic heterocycles. The van der Waals surface area contributed by atoms with Crippen LogP contribution in [0.5, 0.6) is 0 Å². The highest BCUT2D eigenvalue weighted by atomic mass is 16.2. The summed E-state index contributed by atoms with van der Waals surface area (Å²) >= 11 is 0. The van der Waals surface area contributed by atoms with E-state index in [1.807, 2.05) is 17.3 Å². The summed E-state index contributed by atoms with van der Waals surface area (Å²) in [6, 6.07) is 2.99. The van der Waals surface area contributed by atoms with Gasteiger partial charge in [0.2, 0.25) is 0 Å². The molecule has 0 bridgehead atoms. The van der Waals surface area contributed by atoms with Crippen LogP contribution in [0.4, 0.5) is 0 Å². The van der Waals surface area contributed by atoms with Gasteiger partial charge in [-0.25, -0.2) is 9.97 Å². The highest BCUT2D eigenvalue weighted by Crippen LogP contribution is 2.31. The van der Waals surface area contributed by atoms with Crippen molar-refractivity contribution in [3.8, 4) is 0 Å². The molecule has 6 nitrogen and oxygen atoms in total. The molecule has 144 valence electrons. The Kier molecular flexibility index (Phi) is 4.60. The molecule has 3 aliphatic rings. The summed E-state index contributed by atoms with van der Waals surface area (Å²) < 4.78 is 2.21. The molecule has 0 N–H and O–H groups in total. The largest absolute Gasteiger partial charge is 0.337 e. The number of nitrogens with zero attached hydrogens (tertiary/aromatic N) is 5. The molecule has 6 heteroatoms. The summed E-state index contributed by atoms with van der Waals surface area (Å²) in [5.41, 5.74) is 2.45. The number of carbonyl (C=O) groups is 1. The first-order valence-electron chi connectivity index (χ1n) is 10.7. The van der Waals surface area contributed by atoms with Crippen LogP contribution < -0.4 is 0 Å². The molecule has 3 fully saturated rings. The van der Waals surface area contributed by atoms with Crippen LogP contribution in [-0.2, 0) is 0 Å². The average molecular weight is 367 g/mol. The predicted octanol–water partition coefficient (Wildman–Crippen LogP) is 3.25. The molecule has 27 heavy (non-hydrogen) atoms. The minimum Gasteiger partial charge on any atom is -0.337 e. The van der Waals surface area contributed by atoms with Gasteiger partial charge in [-0.1, -0.05) is 19.3 Å². The third-order valence-electron chi connectivity index (χ3n) is 6.74. The third kappa shape index (κ3) is 3.24. The minimum atomic E-state index is 0.110. The Hall–Kier alpha value is -1.95. The molecule has 1 unspecified atom stereocenters. The van der Waals surface area contributed by atoms with Gasteiger partial charge in [0.25, 0.3) is 5.91 Å². The van der Waals surface area contributed by atoms with Crippen molar-refractivity contribution in [1.29, 1.82) is 0 Å². The quantitative estimate of drug-likeness (QED) is 0.836. The van der Waals surface area contributed by atoms with Gasteiger partial charge in [-0.05, 0) is 51.3 Å². The lowest BCUT2D eigenvalue weighted by Crippen LogP contribution is -2.41. The van der Waals surface area contributed by atoms with Gasteiger partial charge in [0.15, 0.2) is 5.65 Å². The number of carbonyl (C=O) groups excluding carboxylic acids is 1. The standard InChI is InChI=1S/C21H29N5O/c27-21(25-11-8-18(14-25)24-9-4-1-5-10-24)16-12-19-20(22-13-16)26(15-23-19)17-6-2-3-7-17/h12-13,15,17-18H,1-11,14H2. The lowest BCUT2D eigenvalue weighted by Gasteiger charge is -2.32. The van der Waals surface area contributed by atoms with Gasteiger partial charge in [-0.15, -0.1) is 0 Å². The zero-order chi connectivity index (χ0) is 18.2. The average Bonchev–Trinajstić information content (AvgIpc) is 3.47. The molecular formula is C21H29N5O. The number of pyridine rings is 1. The number of amides is 1. The molecule has 1 saturated carbocycles. The third-order valence-corrected chi connectivity index (χ3v) is 6.74. The first-order chi connectivity index (χ1) is 13.3. The van der Waals surface area contributed by atoms with Crippen molar-refractivity contribution in [2.75, 3.05) is 26.2 Å². The van der Waals surface area contributed by atoms with Crippen LogP contribution in [0.3, 0.4) is 0 Å². The van der Waals surface area contributed by atoms with Crippen LogP contribution in [0, 0.1) is 0 Å². The van der Waals surface area contributed by atoms with E-state index in [4.69, 9.17) is 0 Å². The molecule has 0 aromatic carbocycles. The number of hydrogen-bond donors (Lipinski definition) is 0. The van der Waals surface area contributed by atoms with Crippen molar-refractivity contribution < 1.29 is 4.79 Å². The zero-order valence-corrected chi connectivity index (χ0v) is 16.0. The zero-order valence-electron chi connectivity index (χ0n) is 16.0. The van der Waals surface area contributed by atoms with E-state index in [1.165, 1.54) is 58.0 Å². The number of piperidine rings is 1. The van der Waals surface area contributed by atoms with Crippen molar-refractivity contribution >= 4 is 17.1 Å². The second-order valence-corrected chi connectivity index (χ2v) is 8.45. The molecule has 2 saturated heterocycles. The molecule has 5 rings (SSSR count). The minimum absolute atomic E-state index is 0.110. The maximum atomic E-state index is 13.0. The second-order valence-electron chi connectivity index (χ2n) is 8.45. The Morgan fingerprint density at radius 2 is 1.74 bits per heavy atom. The Labute approximate surface area is 160 Å². The fourth-order valence-corrected chi connectivity index (χ4v) is 5.18. The van der Waals surface area contributed by atoms with E-state index in [-0.39, 0.29) is 5.91 Å². The van der Waals surface area contributed by atoms with E-state index in [0.717, 1.165) is 30.7 Å². The fraction of sp³-hybridized carbons (Fsp3) is 0.667. The Balaban J connectivity index is 1.31. The Morgan fingerprint density at radius 1 is 0.926 bits per heavy atom. The molecule has 0 spiro atoms. The normalized spacial score (nSPS) is 24.9. The number of rotatable bonds is 3. The maximum Gasteiger partial charge on any atom is 0.255 e. The molecular weight excluding hydrogens is 338 g/mol. The smallest absolute Gasteiger partial charge is 0.255 e. The van der Waals surface area contributed by atoms with E-state index < -0.39 is 0 Å². The molecule has 1 amide bonds. The van der Waals surface area contributed by atoms with Crippen molar-refractivity contribution in [1.82, 2.24) is 24.3 Å². The van der Waals surface area contributed by atoms with Crippen LogP contribution in [0.1, 0.15) is 67.8 Å². The lowest BCUT2D eigenvalue weighted by molar-refractivity contribution is 0.0771. The van der Waals surface area contributed by atoms with Crippen molar-refractivity contribution in [3.63, 3.8) is 0 Å². The maximum absolute atomic E-state index is 13.0. The molecule has 1 aliphatic carbocycles. The van der Waals surface area contributed by atoms with Gasteiger partial charge in [0.05, 0.1) is 11.9 Å². The van der Waals surface area contributed by atoms with Gasteiger partial charge >= 0.3 is 0 Å².